The molecular weight excluding hydrogens is 370 g/mol. The summed E-state index contributed by atoms with van der Waals surface area (Å²) in [5.74, 6) is -1.03. The number of fused-ring (bicyclic) bond motifs is 2. The molecular formula is C19H25NO6S. The molecule has 2 bridgehead atoms. The van der Waals surface area contributed by atoms with Crippen LogP contribution in [0.2, 0.25) is 0 Å². The Morgan fingerprint density at radius 2 is 1.93 bits per heavy atom. The zero-order valence-corrected chi connectivity index (χ0v) is 16.6. The van der Waals surface area contributed by atoms with Crippen LogP contribution in [0.15, 0.2) is 29.2 Å². The van der Waals surface area contributed by atoms with Crippen LogP contribution in [-0.4, -0.2) is 50.5 Å². The second-order valence-electron chi connectivity index (χ2n) is 7.00. The SMILES string of the molecule is CCOC(=O)[C@@]1(CC)C[C@H]2CC[C@@H]1N2S(=O)(=O)c1ccccc1C(=O)OC. The van der Waals surface area contributed by atoms with Crippen LogP contribution in [0.25, 0.3) is 0 Å². The fraction of sp³-hybridized carbons (Fsp3) is 0.579. The maximum Gasteiger partial charge on any atom is 0.339 e. The van der Waals surface area contributed by atoms with Gasteiger partial charge in [-0.3, -0.25) is 4.79 Å². The van der Waals surface area contributed by atoms with Crippen molar-refractivity contribution in [1.82, 2.24) is 4.31 Å². The highest BCUT2D eigenvalue weighted by Crippen LogP contribution is 2.54. The van der Waals surface area contributed by atoms with Crippen molar-refractivity contribution in [1.29, 1.82) is 0 Å². The number of carbonyl (C=O) groups excluding carboxylic acids is 2. The molecule has 2 aliphatic rings. The van der Waals surface area contributed by atoms with Gasteiger partial charge in [-0.05, 0) is 44.7 Å². The van der Waals surface area contributed by atoms with Crippen molar-refractivity contribution in [3.05, 3.63) is 29.8 Å². The third-order valence-corrected chi connectivity index (χ3v) is 7.86. The minimum atomic E-state index is -3.97. The highest BCUT2D eigenvalue weighted by Gasteiger charge is 2.63. The maximum atomic E-state index is 13.5. The summed E-state index contributed by atoms with van der Waals surface area (Å²) in [5.41, 5.74) is -0.823. The third kappa shape index (κ3) is 2.95. The molecule has 2 heterocycles. The molecule has 0 aliphatic carbocycles. The fourth-order valence-electron chi connectivity index (χ4n) is 4.59. The number of ether oxygens (including phenoxy) is 2. The molecule has 0 saturated carbocycles. The molecule has 0 unspecified atom stereocenters. The van der Waals surface area contributed by atoms with Crippen LogP contribution in [0.1, 0.15) is 49.9 Å². The molecule has 1 aromatic carbocycles. The summed E-state index contributed by atoms with van der Waals surface area (Å²) in [6.07, 6.45) is 2.27. The normalized spacial score (nSPS) is 27.5. The molecule has 8 heteroatoms. The monoisotopic (exact) mass is 395 g/mol. The number of rotatable bonds is 6. The predicted molar refractivity (Wildman–Crippen MR) is 97.6 cm³/mol. The fourth-order valence-corrected chi connectivity index (χ4v) is 6.72. The van der Waals surface area contributed by atoms with Gasteiger partial charge in [0.05, 0.1) is 29.6 Å². The van der Waals surface area contributed by atoms with Gasteiger partial charge < -0.3 is 9.47 Å². The van der Waals surface area contributed by atoms with Crippen molar-refractivity contribution in [3.8, 4) is 0 Å². The third-order valence-electron chi connectivity index (χ3n) is 5.84. The van der Waals surface area contributed by atoms with Gasteiger partial charge in [-0.1, -0.05) is 19.1 Å². The van der Waals surface area contributed by atoms with Crippen LogP contribution in [-0.2, 0) is 24.3 Å². The summed E-state index contributed by atoms with van der Waals surface area (Å²) in [7, 11) is -2.75. The van der Waals surface area contributed by atoms with Gasteiger partial charge in [-0.25, -0.2) is 13.2 Å². The van der Waals surface area contributed by atoms with Crippen LogP contribution >= 0.6 is 0 Å². The van der Waals surface area contributed by atoms with E-state index in [0.717, 1.165) is 0 Å². The lowest BCUT2D eigenvalue weighted by molar-refractivity contribution is -0.157. The van der Waals surface area contributed by atoms with E-state index >= 15 is 0 Å². The van der Waals surface area contributed by atoms with Crippen molar-refractivity contribution < 1.29 is 27.5 Å². The molecule has 0 aromatic heterocycles. The maximum absolute atomic E-state index is 13.5. The molecule has 2 aliphatic heterocycles. The van der Waals surface area contributed by atoms with Crippen molar-refractivity contribution in [2.75, 3.05) is 13.7 Å². The highest BCUT2D eigenvalue weighted by molar-refractivity contribution is 7.89. The molecule has 3 atom stereocenters. The number of hydrogen-bond acceptors (Lipinski definition) is 6. The molecule has 2 saturated heterocycles. The zero-order chi connectivity index (χ0) is 19.8. The van der Waals surface area contributed by atoms with E-state index in [-0.39, 0.29) is 29.1 Å². The molecule has 1 aromatic rings. The van der Waals surface area contributed by atoms with Crippen molar-refractivity contribution >= 4 is 22.0 Å². The Kier molecular flexibility index (Phi) is 5.31. The van der Waals surface area contributed by atoms with Gasteiger partial charge >= 0.3 is 11.9 Å². The Labute approximate surface area is 159 Å². The molecule has 3 rings (SSSR count). The van der Waals surface area contributed by atoms with Gasteiger partial charge in [0.2, 0.25) is 10.0 Å². The molecule has 0 N–H and O–H groups in total. The summed E-state index contributed by atoms with van der Waals surface area (Å²) < 4.78 is 38.4. The van der Waals surface area contributed by atoms with E-state index in [1.54, 1.807) is 19.1 Å². The van der Waals surface area contributed by atoms with Gasteiger partial charge in [0.25, 0.3) is 0 Å². The molecule has 0 radical (unpaired) electrons. The number of nitrogens with zero attached hydrogens (tertiary/aromatic N) is 1. The minimum Gasteiger partial charge on any atom is -0.466 e. The van der Waals surface area contributed by atoms with E-state index in [2.05, 4.69) is 0 Å². The molecule has 148 valence electrons. The van der Waals surface area contributed by atoms with Gasteiger partial charge in [0, 0.05) is 12.1 Å². The number of hydrogen-bond donors (Lipinski definition) is 0. The van der Waals surface area contributed by atoms with E-state index in [0.29, 0.717) is 25.7 Å². The molecule has 27 heavy (non-hydrogen) atoms. The molecule has 0 spiro atoms. The van der Waals surface area contributed by atoms with Crippen molar-refractivity contribution in [2.24, 2.45) is 5.41 Å². The molecule has 0 amide bonds. The summed E-state index contributed by atoms with van der Waals surface area (Å²) in [6.45, 7) is 3.90. The number of esters is 2. The lowest BCUT2D eigenvalue weighted by atomic mass is 9.72. The Bertz CT molecular complexity index is 852. The quantitative estimate of drug-likeness (QED) is 0.687. The van der Waals surface area contributed by atoms with Crippen LogP contribution < -0.4 is 0 Å². The highest BCUT2D eigenvalue weighted by atomic mass is 32.2. The number of sulfonamides is 1. The molecule has 2 fully saturated rings. The van der Waals surface area contributed by atoms with E-state index < -0.39 is 27.4 Å². The standard InChI is InChI=1S/C19H25NO6S/c1-4-19(18(22)26-5-2)12-13-10-11-16(19)20(13)27(23,24)15-9-7-6-8-14(15)17(21)25-3/h6-9,13,16H,4-5,10-12H2,1-3H3/t13-,16+,19+/m1/s1. The minimum absolute atomic E-state index is 0.00420. The van der Waals surface area contributed by atoms with E-state index in [9.17, 15) is 18.0 Å². The smallest absolute Gasteiger partial charge is 0.339 e. The first-order chi connectivity index (χ1) is 12.8. The van der Waals surface area contributed by atoms with E-state index in [1.165, 1.54) is 23.5 Å². The zero-order valence-electron chi connectivity index (χ0n) is 15.8. The van der Waals surface area contributed by atoms with Crippen LogP contribution in [0, 0.1) is 5.41 Å². The second-order valence-corrected chi connectivity index (χ2v) is 8.82. The topological polar surface area (TPSA) is 90.0 Å². The first kappa shape index (κ1) is 19.8. The Morgan fingerprint density at radius 3 is 2.56 bits per heavy atom. The Morgan fingerprint density at radius 1 is 1.22 bits per heavy atom. The van der Waals surface area contributed by atoms with E-state index in [1.807, 2.05) is 6.92 Å². The lowest BCUT2D eigenvalue weighted by Gasteiger charge is -2.34. The van der Waals surface area contributed by atoms with Gasteiger partial charge in [-0.15, -0.1) is 0 Å². The molecule has 7 nitrogen and oxygen atoms in total. The summed E-state index contributed by atoms with van der Waals surface area (Å²) in [4.78, 5) is 24.7. The van der Waals surface area contributed by atoms with Gasteiger partial charge in [0.1, 0.15) is 0 Å². The predicted octanol–water partition coefficient (Wildman–Crippen LogP) is 2.36. The first-order valence-corrected chi connectivity index (χ1v) is 10.7. The second kappa shape index (κ2) is 7.24. The first-order valence-electron chi connectivity index (χ1n) is 9.21. The lowest BCUT2D eigenvalue weighted by Crippen LogP contribution is -2.45. The van der Waals surface area contributed by atoms with Crippen LogP contribution in [0.3, 0.4) is 0 Å². The largest absolute Gasteiger partial charge is 0.466 e. The number of benzene rings is 1. The van der Waals surface area contributed by atoms with Crippen molar-refractivity contribution in [2.45, 2.75) is 56.5 Å². The number of carbonyl (C=O) groups is 2. The average molecular weight is 395 g/mol. The summed E-state index contributed by atoms with van der Waals surface area (Å²) >= 11 is 0. The Balaban J connectivity index is 2.05. The van der Waals surface area contributed by atoms with Gasteiger partial charge in [0.15, 0.2) is 0 Å². The van der Waals surface area contributed by atoms with Gasteiger partial charge in [-0.2, -0.15) is 4.31 Å². The summed E-state index contributed by atoms with van der Waals surface area (Å²) in [5, 5.41) is 0. The van der Waals surface area contributed by atoms with Crippen LogP contribution in [0.4, 0.5) is 0 Å². The van der Waals surface area contributed by atoms with Crippen LogP contribution in [0.5, 0.6) is 0 Å². The van der Waals surface area contributed by atoms with Crippen molar-refractivity contribution in [3.63, 3.8) is 0 Å². The van der Waals surface area contributed by atoms with E-state index in [4.69, 9.17) is 9.47 Å². The number of methoxy groups -OCH3 is 1. The summed E-state index contributed by atoms with van der Waals surface area (Å²) in [6, 6.07) is 5.30. The Hall–Kier alpha value is -1.93. The average Bonchev–Trinajstić information content (AvgIpc) is 3.25.